The van der Waals surface area contributed by atoms with Crippen LogP contribution < -0.4 is 0 Å². The van der Waals surface area contributed by atoms with Crippen LogP contribution in [-0.4, -0.2) is 72.4 Å². The van der Waals surface area contributed by atoms with Gasteiger partial charge in [0.15, 0.2) is 0 Å². The Morgan fingerprint density at radius 2 is 2.10 bits per heavy atom. The number of morpholine rings is 1. The van der Waals surface area contributed by atoms with Crippen molar-refractivity contribution in [3.63, 3.8) is 0 Å². The van der Waals surface area contributed by atoms with Crippen LogP contribution in [0.3, 0.4) is 0 Å². The van der Waals surface area contributed by atoms with Crippen LogP contribution >= 0.6 is 0 Å². The molecular weight excluding hydrogens is 256 g/mol. The van der Waals surface area contributed by atoms with E-state index in [1.165, 1.54) is 19.3 Å². The molecule has 2 rings (SSSR count). The van der Waals surface area contributed by atoms with E-state index < -0.39 is 0 Å². The summed E-state index contributed by atoms with van der Waals surface area (Å²) >= 11 is 0. The van der Waals surface area contributed by atoms with Crippen LogP contribution in [0, 0.1) is 0 Å². The molecule has 1 unspecified atom stereocenters. The Bertz CT molecular complexity index is 305. The summed E-state index contributed by atoms with van der Waals surface area (Å²) in [6.45, 7) is 5.41. The van der Waals surface area contributed by atoms with Gasteiger partial charge in [-0.05, 0) is 19.8 Å². The van der Waals surface area contributed by atoms with Crippen LogP contribution in [0.5, 0.6) is 0 Å². The fraction of sp³-hybridized carbons (Fsp3) is 0.933. The highest BCUT2D eigenvalue weighted by Gasteiger charge is 2.27. The van der Waals surface area contributed by atoms with E-state index in [1.54, 1.807) is 0 Å². The summed E-state index contributed by atoms with van der Waals surface area (Å²) in [5.41, 5.74) is 0. The van der Waals surface area contributed by atoms with Crippen molar-refractivity contribution in [3.8, 4) is 0 Å². The molecule has 1 atom stereocenters. The van der Waals surface area contributed by atoms with E-state index in [2.05, 4.69) is 16.7 Å². The van der Waals surface area contributed by atoms with Crippen LogP contribution in [0.1, 0.15) is 39.0 Å². The van der Waals surface area contributed by atoms with Crippen LogP contribution in [0.2, 0.25) is 0 Å². The molecule has 0 radical (unpaired) electrons. The molecule has 0 aromatic carbocycles. The summed E-state index contributed by atoms with van der Waals surface area (Å²) in [4.78, 5) is 16.7. The highest BCUT2D eigenvalue weighted by Crippen LogP contribution is 2.22. The highest BCUT2D eigenvalue weighted by atomic mass is 16.5. The Balaban J connectivity index is 1.85. The topological polar surface area (TPSA) is 53.0 Å². The normalized spacial score (nSPS) is 25.6. The Hall–Kier alpha value is -0.650. The smallest absolute Gasteiger partial charge is 0.236 e. The number of amides is 1. The quantitative estimate of drug-likeness (QED) is 0.813. The van der Waals surface area contributed by atoms with Gasteiger partial charge in [-0.25, -0.2) is 0 Å². The number of hydrogen-bond donors (Lipinski definition) is 1. The Labute approximate surface area is 121 Å². The van der Waals surface area contributed by atoms with Crippen molar-refractivity contribution >= 4 is 5.91 Å². The van der Waals surface area contributed by atoms with E-state index in [0.717, 1.165) is 25.9 Å². The SMILES string of the molecule is CCN(C(=O)CN1CCOC(CO)C1)C1CCCCC1. The van der Waals surface area contributed by atoms with Crippen molar-refractivity contribution in [2.24, 2.45) is 0 Å². The maximum atomic E-state index is 12.5. The summed E-state index contributed by atoms with van der Waals surface area (Å²) in [5, 5.41) is 9.16. The second-order valence-corrected chi connectivity index (χ2v) is 5.88. The molecule has 2 fully saturated rings. The van der Waals surface area contributed by atoms with Gasteiger partial charge in [-0.15, -0.1) is 0 Å². The van der Waals surface area contributed by atoms with Gasteiger partial charge in [0.1, 0.15) is 0 Å². The second-order valence-electron chi connectivity index (χ2n) is 5.88. The van der Waals surface area contributed by atoms with Gasteiger partial charge in [0.2, 0.25) is 5.91 Å². The Morgan fingerprint density at radius 1 is 1.35 bits per heavy atom. The lowest BCUT2D eigenvalue weighted by Gasteiger charge is -2.37. The molecule has 0 aromatic heterocycles. The number of ether oxygens (including phenoxy) is 1. The first kappa shape index (κ1) is 15.7. The van der Waals surface area contributed by atoms with Crippen molar-refractivity contribution in [3.05, 3.63) is 0 Å². The Morgan fingerprint density at radius 3 is 2.75 bits per heavy atom. The van der Waals surface area contributed by atoms with Gasteiger partial charge in [0.25, 0.3) is 0 Å². The average Bonchev–Trinajstić information content (AvgIpc) is 2.49. The second kappa shape index (κ2) is 7.96. The molecule has 1 heterocycles. The van der Waals surface area contributed by atoms with Gasteiger partial charge < -0.3 is 14.7 Å². The molecule has 2 aliphatic rings. The maximum Gasteiger partial charge on any atom is 0.236 e. The molecule has 0 aromatic rings. The van der Waals surface area contributed by atoms with E-state index >= 15 is 0 Å². The van der Waals surface area contributed by atoms with Crippen molar-refractivity contribution in [2.75, 3.05) is 39.4 Å². The molecule has 1 aliphatic carbocycles. The molecule has 5 nitrogen and oxygen atoms in total. The fourth-order valence-electron chi connectivity index (χ4n) is 3.35. The van der Waals surface area contributed by atoms with E-state index in [9.17, 15) is 4.79 Å². The number of carbonyl (C=O) groups is 1. The van der Waals surface area contributed by atoms with E-state index in [0.29, 0.717) is 25.7 Å². The maximum absolute atomic E-state index is 12.5. The van der Waals surface area contributed by atoms with Crippen LogP contribution in [-0.2, 0) is 9.53 Å². The number of likely N-dealkylation sites (N-methyl/N-ethyl adjacent to an activating group) is 1. The summed E-state index contributed by atoms with van der Waals surface area (Å²) in [6.07, 6.45) is 5.98. The van der Waals surface area contributed by atoms with Crippen LogP contribution in [0.15, 0.2) is 0 Å². The molecule has 116 valence electrons. The minimum absolute atomic E-state index is 0.0325. The first-order chi connectivity index (χ1) is 9.74. The van der Waals surface area contributed by atoms with E-state index in [1.807, 2.05) is 0 Å². The zero-order valence-electron chi connectivity index (χ0n) is 12.6. The Kier molecular flexibility index (Phi) is 6.26. The predicted octanol–water partition coefficient (Wildman–Crippen LogP) is 0.861. The number of carbonyl (C=O) groups excluding carboxylic acids is 1. The third kappa shape index (κ3) is 4.17. The third-order valence-corrected chi connectivity index (χ3v) is 4.46. The predicted molar refractivity (Wildman–Crippen MR) is 77.5 cm³/mol. The molecular formula is C15H28N2O3. The molecule has 1 saturated carbocycles. The van der Waals surface area contributed by atoms with Gasteiger partial charge in [-0.3, -0.25) is 9.69 Å². The van der Waals surface area contributed by atoms with Crippen molar-refractivity contribution in [1.82, 2.24) is 9.80 Å². The molecule has 5 heteroatoms. The lowest BCUT2D eigenvalue weighted by atomic mass is 9.94. The number of nitrogens with zero attached hydrogens (tertiary/aromatic N) is 2. The molecule has 1 amide bonds. The van der Waals surface area contributed by atoms with Gasteiger partial charge in [-0.2, -0.15) is 0 Å². The standard InChI is InChI=1S/C15H28N2O3/c1-2-17(13-6-4-3-5-7-13)15(19)11-16-8-9-20-14(10-16)12-18/h13-14,18H,2-12H2,1H3. The lowest BCUT2D eigenvalue weighted by Crippen LogP contribution is -2.51. The van der Waals surface area contributed by atoms with Gasteiger partial charge >= 0.3 is 0 Å². The number of aliphatic hydroxyl groups is 1. The van der Waals surface area contributed by atoms with E-state index in [4.69, 9.17) is 9.84 Å². The minimum Gasteiger partial charge on any atom is -0.394 e. The first-order valence-electron chi connectivity index (χ1n) is 7.99. The monoisotopic (exact) mass is 284 g/mol. The van der Waals surface area contributed by atoms with Crippen LogP contribution in [0.25, 0.3) is 0 Å². The highest BCUT2D eigenvalue weighted by molar-refractivity contribution is 5.78. The molecule has 1 saturated heterocycles. The number of rotatable bonds is 5. The van der Waals surface area contributed by atoms with E-state index in [-0.39, 0.29) is 18.6 Å². The minimum atomic E-state index is -0.138. The third-order valence-electron chi connectivity index (χ3n) is 4.46. The van der Waals surface area contributed by atoms with Gasteiger partial charge in [0, 0.05) is 25.7 Å². The average molecular weight is 284 g/mol. The van der Waals surface area contributed by atoms with Gasteiger partial charge in [-0.1, -0.05) is 19.3 Å². The molecule has 0 spiro atoms. The number of aliphatic hydroxyl groups excluding tert-OH is 1. The molecule has 0 bridgehead atoms. The summed E-state index contributed by atoms with van der Waals surface area (Å²) in [6, 6.07) is 0.441. The molecule has 20 heavy (non-hydrogen) atoms. The fourth-order valence-corrected chi connectivity index (χ4v) is 3.35. The summed E-state index contributed by atoms with van der Waals surface area (Å²) < 4.78 is 5.43. The lowest BCUT2D eigenvalue weighted by molar-refractivity contribution is -0.137. The van der Waals surface area contributed by atoms with Crippen molar-refractivity contribution in [1.29, 1.82) is 0 Å². The summed E-state index contributed by atoms with van der Waals surface area (Å²) in [5.74, 6) is 0.234. The van der Waals surface area contributed by atoms with Gasteiger partial charge in [0.05, 0.1) is 25.9 Å². The zero-order valence-corrected chi connectivity index (χ0v) is 12.6. The summed E-state index contributed by atoms with van der Waals surface area (Å²) in [7, 11) is 0. The van der Waals surface area contributed by atoms with Crippen molar-refractivity contribution in [2.45, 2.75) is 51.2 Å². The molecule has 1 aliphatic heterocycles. The molecule has 1 N–H and O–H groups in total. The zero-order chi connectivity index (χ0) is 14.4. The van der Waals surface area contributed by atoms with Crippen molar-refractivity contribution < 1.29 is 14.6 Å². The largest absolute Gasteiger partial charge is 0.394 e. The number of hydrogen-bond acceptors (Lipinski definition) is 4. The van der Waals surface area contributed by atoms with Crippen LogP contribution in [0.4, 0.5) is 0 Å². The first-order valence-corrected chi connectivity index (χ1v) is 7.99.